The van der Waals surface area contributed by atoms with Crippen molar-refractivity contribution >= 4 is 27.4 Å². The second-order valence-electron chi connectivity index (χ2n) is 3.81. The van der Waals surface area contributed by atoms with Crippen LogP contribution in [-0.4, -0.2) is 19.5 Å². The fourth-order valence-electron chi connectivity index (χ4n) is 1.52. The normalized spacial score (nSPS) is 11.4. The SMILES string of the molecule is O=C(O)c1ccc(S(=O)(=O)Cc2cccc(Cl)c2)o1. The molecule has 1 N–H and O–H groups in total. The van der Waals surface area contributed by atoms with Crippen LogP contribution < -0.4 is 0 Å². The zero-order chi connectivity index (χ0) is 14.0. The van der Waals surface area contributed by atoms with Crippen LogP contribution in [0.5, 0.6) is 0 Å². The summed E-state index contributed by atoms with van der Waals surface area (Å²) in [5.74, 6) is -2.03. The molecule has 0 aliphatic carbocycles. The number of benzene rings is 1. The molecule has 2 rings (SSSR count). The second kappa shape index (κ2) is 5.07. The molecule has 2 aromatic rings. The Hall–Kier alpha value is -1.79. The van der Waals surface area contributed by atoms with Crippen molar-refractivity contribution in [2.24, 2.45) is 0 Å². The van der Waals surface area contributed by atoms with E-state index in [1.165, 1.54) is 6.07 Å². The van der Waals surface area contributed by atoms with Gasteiger partial charge in [-0.15, -0.1) is 0 Å². The van der Waals surface area contributed by atoms with E-state index in [4.69, 9.17) is 21.1 Å². The van der Waals surface area contributed by atoms with E-state index in [1.54, 1.807) is 18.2 Å². The van der Waals surface area contributed by atoms with Gasteiger partial charge >= 0.3 is 5.97 Å². The Morgan fingerprint density at radius 3 is 2.58 bits per heavy atom. The molecule has 7 heteroatoms. The molecule has 0 amide bonds. The molecule has 19 heavy (non-hydrogen) atoms. The second-order valence-corrected chi connectivity index (χ2v) is 6.17. The van der Waals surface area contributed by atoms with Crippen molar-refractivity contribution in [3.05, 3.63) is 52.7 Å². The van der Waals surface area contributed by atoms with E-state index in [9.17, 15) is 13.2 Å². The summed E-state index contributed by atoms with van der Waals surface area (Å²) in [6.07, 6.45) is 0. The molecule has 0 fully saturated rings. The highest BCUT2D eigenvalue weighted by Gasteiger charge is 2.21. The number of rotatable bonds is 4. The molecule has 0 aliphatic heterocycles. The van der Waals surface area contributed by atoms with Crippen LogP contribution in [0.3, 0.4) is 0 Å². The molecular formula is C12H9ClO5S. The summed E-state index contributed by atoms with van der Waals surface area (Å²) in [7, 11) is -3.73. The van der Waals surface area contributed by atoms with E-state index in [-0.39, 0.29) is 10.8 Å². The lowest BCUT2D eigenvalue weighted by Crippen LogP contribution is -2.04. The maximum atomic E-state index is 12.0. The predicted octanol–water partition coefficient (Wildman–Crippen LogP) is 2.61. The molecule has 0 atom stereocenters. The largest absolute Gasteiger partial charge is 0.475 e. The smallest absolute Gasteiger partial charge is 0.371 e. The minimum Gasteiger partial charge on any atom is -0.475 e. The molecule has 100 valence electrons. The van der Waals surface area contributed by atoms with Crippen LogP contribution in [0.1, 0.15) is 16.1 Å². The van der Waals surface area contributed by atoms with Gasteiger partial charge in [-0.3, -0.25) is 0 Å². The number of halogens is 1. The quantitative estimate of drug-likeness (QED) is 0.938. The van der Waals surface area contributed by atoms with Crippen molar-refractivity contribution in [2.75, 3.05) is 0 Å². The van der Waals surface area contributed by atoms with Gasteiger partial charge in [0.2, 0.25) is 20.7 Å². The maximum absolute atomic E-state index is 12.0. The fraction of sp³-hybridized carbons (Fsp3) is 0.0833. The lowest BCUT2D eigenvalue weighted by atomic mass is 10.2. The van der Waals surface area contributed by atoms with Gasteiger partial charge in [-0.1, -0.05) is 23.7 Å². The Morgan fingerprint density at radius 2 is 2.00 bits per heavy atom. The van der Waals surface area contributed by atoms with Crippen molar-refractivity contribution in [3.8, 4) is 0 Å². The van der Waals surface area contributed by atoms with Gasteiger partial charge in [0, 0.05) is 5.02 Å². The van der Waals surface area contributed by atoms with Crippen LogP contribution in [0.25, 0.3) is 0 Å². The monoisotopic (exact) mass is 300 g/mol. The summed E-state index contributed by atoms with van der Waals surface area (Å²) in [6.45, 7) is 0. The first kappa shape index (κ1) is 13.6. The summed E-state index contributed by atoms with van der Waals surface area (Å²) in [4.78, 5) is 10.6. The van der Waals surface area contributed by atoms with Crippen molar-refractivity contribution in [1.29, 1.82) is 0 Å². The Kier molecular flexibility index (Phi) is 3.64. The summed E-state index contributed by atoms with van der Waals surface area (Å²) >= 11 is 5.77. The zero-order valence-electron chi connectivity index (χ0n) is 9.54. The average molecular weight is 301 g/mol. The van der Waals surface area contributed by atoms with Gasteiger partial charge < -0.3 is 9.52 Å². The average Bonchev–Trinajstić information content (AvgIpc) is 2.78. The molecule has 0 bridgehead atoms. The third-order valence-electron chi connectivity index (χ3n) is 2.34. The van der Waals surface area contributed by atoms with Crippen molar-refractivity contribution in [3.63, 3.8) is 0 Å². The molecule has 1 heterocycles. The van der Waals surface area contributed by atoms with E-state index in [0.717, 1.165) is 12.1 Å². The lowest BCUT2D eigenvalue weighted by molar-refractivity contribution is 0.0656. The third kappa shape index (κ3) is 3.15. The van der Waals surface area contributed by atoms with E-state index in [2.05, 4.69) is 0 Å². The van der Waals surface area contributed by atoms with Gasteiger partial charge in [-0.25, -0.2) is 13.2 Å². The number of carbonyl (C=O) groups is 1. The number of aromatic carboxylic acids is 1. The number of carboxylic acid groups (broad SMARTS) is 1. The molecule has 0 unspecified atom stereocenters. The first-order chi connectivity index (χ1) is 8.88. The molecule has 0 radical (unpaired) electrons. The van der Waals surface area contributed by atoms with Gasteiger partial charge in [0.05, 0.1) is 5.75 Å². The molecule has 0 aliphatic rings. The third-order valence-corrected chi connectivity index (χ3v) is 4.13. The maximum Gasteiger partial charge on any atom is 0.371 e. The van der Waals surface area contributed by atoms with Crippen LogP contribution >= 0.6 is 11.6 Å². The van der Waals surface area contributed by atoms with Crippen molar-refractivity contribution in [1.82, 2.24) is 0 Å². The van der Waals surface area contributed by atoms with Crippen LogP contribution in [0.2, 0.25) is 5.02 Å². The van der Waals surface area contributed by atoms with Crippen molar-refractivity contribution in [2.45, 2.75) is 10.8 Å². The number of sulfone groups is 1. The minimum absolute atomic E-state index is 0.305. The summed E-state index contributed by atoms with van der Waals surface area (Å²) in [5, 5.41) is 8.74. The van der Waals surface area contributed by atoms with Gasteiger partial charge in [-0.05, 0) is 29.8 Å². The predicted molar refractivity (Wildman–Crippen MR) is 68.0 cm³/mol. The van der Waals surface area contributed by atoms with Gasteiger partial charge in [0.25, 0.3) is 0 Å². The van der Waals surface area contributed by atoms with E-state index in [1.807, 2.05) is 0 Å². The standard InChI is InChI=1S/C12H9ClO5S/c13-9-3-1-2-8(6-9)7-19(16,17)11-5-4-10(18-11)12(14)15/h1-6H,7H2,(H,14,15). The van der Waals surface area contributed by atoms with Crippen LogP contribution in [-0.2, 0) is 15.6 Å². The first-order valence-corrected chi connectivity index (χ1v) is 7.22. The molecule has 0 saturated carbocycles. The van der Waals surface area contributed by atoms with E-state index in [0.29, 0.717) is 10.6 Å². The molecule has 5 nitrogen and oxygen atoms in total. The summed E-state index contributed by atoms with van der Waals surface area (Å²) in [6, 6.07) is 8.65. The summed E-state index contributed by atoms with van der Waals surface area (Å²) < 4.78 is 28.8. The topological polar surface area (TPSA) is 84.6 Å². The lowest BCUT2D eigenvalue weighted by Gasteiger charge is -2.02. The summed E-state index contributed by atoms with van der Waals surface area (Å²) in [5.41, 5.74) is 0.501. The zero-order valence-corrected chi connectivity index (χ0v) is 11.1. The highest BCUT2D eigenvalue weighted by molar-refractivity contribution is 7.90. The van der Waals surface area contributed by atoms with E-state index < -0.39 is 21.6 Å². The van der Waals surface area contributed by atoms with Gasteiger partial charge in [0.1, 0.15) is 0 Å². The number of furan rings is 1. The first-order valence-electron chi connectivity index (χ1n) is 5.19. The molecule has 1 aromatic heterocycles. The van der Waals surface area contributed by atoms with Crippen LogP contribution in [0, 0.1) is 0 Å². The Bertz CT molecular complexity index is 717. The fourth-order valence-corrected chi connectivity index (χ4v) is 2.99. The number of hydrogen-bond donors (Lipinski definition) is 1. The molecule has 0 spiro atoms. The minimum atomic E-state index is -3.73. The molecule has 0 saturated heterocycles. The molecular weight excluding hydrogens is 292 g/mol. The van der Waals surface area contributed by atoms with Gasteiger partial charge in [-0.2, -0.15) is 0 Å². The highest BCUT2D eigenvalue weighted by Crippen LogP contribution is 2.20. The van der Waals surface area contributed by atoms with Crippen LogP contribution in [0.4, 0.5) is 0 Å². The Morgan fingerprint density at radius 1 is 1.26 bits per heavy atom. The number of hydrogen-bond acceptors (Lipinski definition) is 4. The Balaban J connectivity index is 2.29. The van der Waals surface area contributed by atoms with Crippen LogP contribution in [0.15, 0.2) is 45.9 Å². The molecule has 1 aromatic carbocycles. The highest BCUT2D eigenvalue weighted by atomic mass is 35.5. The van der Waals surface area contributed by atoms with Crippen molar-refractivity contribution < 1.29 is 22.7 Å². The van der Waals surface area contributed by atoms with Gasteiger partial charge in [0.15, 0.2) is 0 Å². The Labute approximate surface area is 114 Å². The van der Waals surface area contributed by atoms with E-state index >= 15 is 0 Å². The number of carboxylic acids is 1.